The Morgan fingerprint density at radius 3 is 3.12 bits per heavy atom. The van der Waals surface area contributed by atoms with Crippen molar-refractivity contribution in [1.29, 1.82) is 0 Å². The van der Waals surface area contributed by atoms with Crippen molar-refractivity contribution < 1.29 is 0 Å². The topological polar surface area (TPSA) is 15.3 Å². The molecular weight excluding hydrogens is 252 g/mol. The normalized spacial score (nSPS) is 30.7. The first-order chi connectivity index (χ1) is 8.24. The molecule has 1 aromatic heterocycles. The number of rotatable bonds is 3. The number of nitrogens with zero attached hydrogens (tertiary/aromatic N) is 1. The maximum Gasteiger partial charge on any atom is 0.0931 e. The monoisotopic (exact) mass is 270 g/mol. The van der Waals surface area contributed by atoms with E-state index in [4.69, 9.17) is 11.6 Å². The fraction of sp³-hybridized carbons (Fsp3) is 0.692. The molecule has 3 atom stereocenters. The Bertz CT molecular complexity index is 393. The molecule has 94 valence electrons. The van der Waals surface area contributed by atoms with Crippen molar-refractivity contribution in [3.63, 3.8) is 0 Å². The van der Waals surface area contributed by atoms with Crippen molar-refractivity contribution in [2.45, 2.75) is 44.3 Å². The molecule has 0 amide bonds. The van der Waals surface area contributed by atoms with Crippen molar-refractivity contribution in [2.75, 3.05) is 13.1 Å². The average Bonchev–Trinajstić information content (AvgIpc) is 2.96. The van der Waals surface area contributed by atoms with Crippen LogP contribution in [0.1, 0.15) is 37.8 Å². The molecule has 2 aliphatic rings. The Morgan fingerprint density at radius 2 is 2.35 bits per heavy atom. The first-order valence-electron chi connectivity index (χ1n) is 6.48. The van der Waals surface area contributed by atoms with E-state index in [2.05, 4.69) is 28.6 Å². The van der Waals surface area contributed by atoms with E-state index in [1.165, 1.54) is 37.9 Å². The van der Waals surface area contributed by atoms with Crippen molar-refractivity contribution >= 4 is 22.9 Å². The van der Waals surface area contributed by atoms with Crippen LogP contribution >= 0.6 is 22.9 Å². The summed E-state index contributed by atoms with van der Waals surface area (Å²) in [5.41, 5.74) is 1.33. The second kappa shape index (κ2) is 4.88. The number of hydrogen-bond donors (Lipinski definition) is 1. The minimum Gasteiger partial charge on any atom is -0.306 e. The van der Waals surface area contributed by atoms with E-state index >= 15 is 0 Å². The minimum atomic E-state index is 0.421. The van der Waals surface area contributed by atoms with E-state index in [-0.39, 0.29) is 0 Å². The lowest BCUT2D eigenvalue weighted by molar-refractivity contribution is 0.291. The van der Waals surface area contributed by atoms with Crippen LogP contribution in [0.4, 0.5) is 0 Å². The molecule has 0 aromatic carbocycles. The molecule has 17 heavy (non-hydrogen) atoms. The Hall–Kier alpha value is -0.0900. The summed E-state index contributed by atoms with van der Waals surface area (Å²) in [6, 6.07) is 3.97. The molecule has 0 radical (unpaired) electrons. The van der Waals surface area contributed by atoms with E-state index in [1.54, 1.807) is 11.3 Å². The third kappa shape index (κ3) is 2.39. The molecule has 0 aliphatic carbocycles. The van der Waals surface area contributed by atoms with Crippen LogP contribution < -0.4 is 5.32 Å². The zero-order chi connectivity index (χ0) is 11.8. The number of hydrogen-bond acceptors (Lipinski definition) is 3. The van der Waals surface area contributed by atoms with Crippen molar-refractivity contribution in [2.24, 2.45) is 0 Å². The zero-order valence-electron chi connectivity index (χ0n) is 10.2. The Balaban J connectivity index is 1.63. The van der Waals surface area contributed by atoms with E-state index in [9.17, 15) is 0 Å². The summed E-state index contributed by atoms with van der Waals surface area (Å²) in [6.07, 6.45) is 4.04. The third-order valence-electron chi connectivity index (χ3n) is 4.16. The zero-order valence-corrected chi connectivity index (χ0v) is 11.7. The van der Waals surface area contributed by atoms with Crippen molar-refractivity contribution in [3.8, 4) is 0 Å². The molecule has 1 N–H and O–H groups in total. The van der Waals surface area contributed by atoms with Gasteiger partial charge in [0.05, 0.1) is 4.34 Å². The van der Waals surface area contributed by atoms with Gasteiger partial charge in [0.25, 0.3) is 0 Å². The quantitative estimate of drug-likeness (QED) is 0.907. The highest BCUT2D eigenvalue weighted by Crippen LogP contribution is 2.31. The van der Waals surface area contributed by atoms with Crippen LogP contribution in [-0.4, -0.2) is 30.1 Å². The smallest absolute Gasteiger partial charge is 0.0931 e. The lowest BCUT2D eigenvalue weighted by Gasteiger charge is -2.24. The summed E-state index contributed by atoms with van der Waals surface area (Å²) in [4.78, 5) is 2.64. The van der Waals surface area contributed by atoms with Crippen LogP contribution in [0.3, 0.4) is 0 Å². The van der Waals surface area contributed by atoms with E-state index in [0.717, 1.165) is 10.4 Å². The maximum absolute atomic E-state index is 5.99. The number of fused-ring (bicyclic) bond motifs is 1. The maximum atomic E-state index is 5.99. The van der Waals surface area contributed by atoms with Crippen molar-refractivity contribution in [1.82, 2.24) is 10.2 Å². The second-order valence-electron chi connectivity index (χ2n) is 5.21. The van der Waals surface area contributed by atoms with E-state index in [1.807, 2.05) is 0 Å². The van der Waals surface area contributed by atoms with Gasteiger partial charge in [-0.1, -0.05) is 11.6 Å². The van der Waals surface area contributed by atoms with Gasteiger partial charge in [-0.05, 0) is 49.7 Å². The third-order valence-corrected chi connectivity index (χ3v) is 5.27. The first kappa shape index (κ1) is 12.0. The molecule has 3 rings (SSSR count). The van der Waals surface area contributed by atoms with Crippen LogP contribution in [0, 0.1) is 0 Å². The van der Waals surface area contributed by atoms with E-state index in [0.29, 0.717) is 12.1 Å². The summed E-state index contributed by atoms with van der Waals surface area (Å²) >= 11 is 7.62. The highest BCUT2D eigenvalue weighted by molar-refractivity contribution is 7.14. The van der Waals surface area contributed by atoms with Crippen LogP contribution in [0.15, 0.2) is 11.4 Å². The summed E-state index contributed by atoms with van der Waals surface area (Å²) in [5, 5.41) is 5.95. The number of thiophene rings is 1. The Morgan fingerprint density at radius 1 is 1.47 bits per heavy atom. The van der Waals surface area contributed by atoms with Crippen LogP contribution in [0.5, 0.6) is 0 Å². The molecule has 3 unspecified atom stereocenters. The fourth-order valence-corrected chi connectivity index (χ4v) is 4.23. The molecule has 0 spiro atoms. The van der Waals surface area contributed by atoms with Crippen LogP contribution in [0.25, 0.3) is 0 Å². The molecule has 2 aliphatic heterocycles. The van der Waals surface area contributed by atoms with Gasteiger partial charge in [0.1, 0.15) is 0 Å². The lowest BCUT2D eigenvalue weighted by atomic mass is 10.0. The van der Waals surface area contributed by atoms with Gasteiger partial charge in [-0.15, -0.1) is 11.3 Å². The largest absolute Gasteiger partial charge is 0.306 e. The van der Waals surface area contributed by atoms with Gasteiger partial charge >= 0.3 is 0 Å². The number of nitrogens with one attached hydrogen (secondary N) is 1. The highest BCUT2D eigenvalue weighted by atomic mass is 35.5. The van der Waals surface area contributed by atoms with Gasteiger partial charge in [0.2, 0.25) is 0 Å². The van der Waals surface area contributed by atoms with Gasteiger partial charge < -0.3 is 5.32 Å². The van der Waals surface area contributed by atoms with Gasteiger partial charge in [0, 0.05) is 24.7 Å². The molecule has 1 aromatic rings. The predicted octanol–water partition coefficient (Wildman–Crippen LogP) is 3.29. The SMILES string of the molecule is CC(NC1CCN2CCCC12)c1csc(Cl)c1. The minimum absolute atomic E-state index is 0.421. The van der Waals surface area contributed by atoms with Crippen LogP contribution in [0.2, 0.25) is 4.34 Å². The predicted molar refractivity (Wildman–Crippen MR) is 73.9 cm³/mol. The van der Waals surface area contributed by atoms with Gasteiger partial charge in [-0.2, -0.15) is 0 Å². The molecule has 0 saturated carbocycles. The lowest BCUT2D eigenvalue weighted by Crippen LogP contribution is -2.40. The summed E-state index contributed by atoms with van der Waals surface area (Å²) in [6.45, 7) is 4.83. The Labute approximate surface area is 112 Å². The van der Waals surface area contributed by atoms with Gasteiger partial charge in [0.15, 0.2) is 0 Å². The van der Waals surface area contributed by atoms with Gasteiger partial charge in [-0.3, -0.25) is 4.90 Å². The molecule has 2 saturated heterocycles. The van der Waals surface area contributed by atoms with Crippen molar-refractivity contribution in [3.05, 3.63) is 21.3 Å². The number of halogens is 1. The first-order valence-corrected chi connectivity index (χ1v) is 7.74. The summed E-state index contributed by atoms with van der Waals surface area (Å²) < 4.78 is 0.891. The molecule has 2 fully saturated rings. The molecule has 0 bridgehead atoms. The average molecular weight is 271 g/mol. The van der Waals surface area contributed by atoms with Gasteiger partial charge in [-0.25, -0.2) is 0 Å². The fourth-order valence-electron chi connectivity index (χ4n) is 3.24. The highest BCUT2D eigenvalue weighted by Gasteiger charge is 2.37. The van der Waals surface area contributed by atoms with Crippen LogP contribution in [-0.2, 0) is 0 Å². The molecule has 3 heterocycles. The summed E-state index contributed by atoms with van der Waals surface area (Å²) in [7, 11) is 0. The standard InChI is InChI=1S/C13H19ClN2S/c1-9(10-7-13(14)17-8-10)15-11-4-6-16-5-2-3-12(11)16/h7-9,11-12,15H,2-6H2,1H3. The van der Waals surface area contributed by atoms with E-state index < -0.39 is 0 Å². The molecule has 2 nitrogen and oxygen atoms in total. The molecular formula is C13H19ClN2S. The summed E-state index contributed by atoms with van der Waals surface area (Å²) in [5.74, 6) is 0. The Kier molecular flexibility index (Phi) is 3.44. The second-order valence-corrected chi connectivity index (χ2v) is 6.76. The molecule has 4 heteroatoms.